The predicted octanol–water partition coefficient (Wildman–Crippen LogP) is 4.22. The molecule has 27 heavy (non-hydrogen) atoms. The molecule has 0 aliphatic carbocycles. The standard InChI is InChI=1S/C20H21ClN4O2/c1-14-9-18(19(27-2)10-17(14)21)24-20(26)23-11-15-5-3-4-6-16(15)12-25-8-7-22-13-25/h3-10,13H,11-12H2,1-2H3,(H2,23,24,26). The van der Waals surface area contributed by atoms with Crippen LogP contribution in [0.15, 0.2) is 55.1 Å². The van der Waals surface area contributed by atoms with Crippen molar-refractivity contribution >= 4 is 23.3 Å². The van der Waals surface area contributed by atoms with Gasteiger partial charge in [-0.2, -0.15) is 0 Å². The molecular formula is C20H21ClN4O2. The van der Waals surface area contributed by atoms with Crippen molar-refractivity contribution in [3.8, 4) is 5.75 Å². The number of ether oxygens (including phenoxy) is 1. The van der Waals surface area contributed by atoms with Gasteiger partial charge in [0.05, 0.1) is 19.1 Å². The fraction of sp³-hybridized carbons (Fsp3) is 0.200. The third kappa shape index (κ3) is 4.80. The third-order valence-corrected chi connectivity index (χ3v) is 4.61. The summed E-state index contributed by atoms with van der Waals surface area (Å²) in [6, 6.07) is 11.1. The number of hydrogen-bond donors (Lipinski definition) is 2. The summed E-state index contributed by atoms with van der Waals surface area (Å²) in [5.41, 5.74) is 3.60. The van der Waals surface area contributed by atoms with Crippen LogP contribution in [0, 0.1) is 6.92 Å². The molecule has 0 aliphatic rings. The van der Waals surface area contributed by atoms with Gasteiger partial charge in [-0.05, 0) is 29.7 Å². The van der Waals surface area contributed by atoms with E-state index >= 15 is 0 Å². The number of nitrogens with one attached hydrogen (secondary N) is 2. The minimum Gasteiger partial charge on any atom is -0.495 e. The van der Waals surface area contributed by atoms with Gasteiger partial charge >= 0.3 is 6.03 Å². The van der Waals surface area contributed by atoms with Crippen LogP contribution in [0.2, 0.25) is 5.02 Å². The summed E-state index contributed by atoms with van der Waals surface area (Å²) in [6.07, 6.45) is 5.42. The second-order valence-corrected chi connectivity index (χ2v) is 6.52. The quantitative estimate of drug-likeness (QED) is 0.668. The van der Waals surface area contributed by atoms with E-state index in [2.05, 4.69) is 15.6 Å². The van der Waals surface area contributed by atoms with Crippen molar-refractivity contribution < 1.29 is 9.53 Å². The molecule has 0 bridgehead atoms. The Labute approximate surface area is 163 Å². The number of aryl methyl sites for hydroxylation is 1. The number of methoxy groups -OCH3 is 1. The van der Waals surface area contributed by atoms with Crippen molar-refractivity contribution in [3.05, 3.63) is 76.8 Å². The first-order valence-electron chi connectivity index (χ1n) is 8.48. The lowest BCUT2D eigenvalue weighted by Gasteiger charge is -2.14. The van der Waals surface area contributed by atoms with Crippen LogP contribution in [-0.4, -0.2) is 22.7 Å². The molecule has 7 heteroatoms. The lowest BCUT2D eigenvalue weighted by Crippen LogP contribution is -2.28. The van der Waals surface area contributed by atoms with Crippen LogP contribution in [0.3, 0.4) is 0 Å². The van der Waals surface area contributed by atoms with Crippen molar-refractivity contribution in [3.63, 3.8) is 0 Å². The first-order chi connectivity index (χ1) is 13.1. The predicted molar refractivity (Wildman–Crippen MR) is 106 cm³/mol. The molecule has 2 aromatic carbocycles. The number of halogens is 1. The largest absolute Gasteiger partial charge is 0.495 e. The number of urea groups is 1. The van der Waals surface area contributed by atoms with E-state index in [-0.39, 0.29) is 6.03 Å². The molecule has 3 rings (SSSR count). The van der Waals surface area contributed by atoms with Crippen molar-refractivity contribution in [2.24, 2.45) is 0 Å². The van der Waals surface area contributed by atoms with Crippen LogP contribution in [0.1, 0.15) is 16.7 Å². The summed E-state index contributed by atoms with van der Waals surface area (Å²) < 4.78 is 7.27. The maximum absolute atomic E-state index is 12.4. The van der Waals surface area contributed by atoms with Gasteiger partial charge in [0.2, 0.25) is 0 Å². The zero-order chi connectivity index (χ0) is 19.2. The molecular weight excluding hydrogens is 364 g/mol. The Kier molecular flexibility index (Phi) is 5.98. The fourth-order valence-electron chi connectivity index (χ4n) is 2.73. The highest BCUT2D eigenvalue weighted by molar-refractivity contribution is 6.31. The summed E-state index contributed by atoms with van der Waals surface area (Å²) >= 11 is 6.10. The van der Waals surface area contributed by atoms with Crippen LogP contribution in [0.25, 0.3) is 0 Å². The molecule has 0 saturated carbocycles. The number of carbonyl (C=O) groups is 1. The Hall–Kier alpha value is -2.99. The van der Waals surface area contributed by atoms with E-state index in [4.69, 9.17) is 16.3 Å². The van der Waals surface area contributed by atoms with Gasteiger partial charge in [0.1, 0.15) is 5.75 Å². The molecule has 2 amide bonds. The van der Waals surface area contributed by atoms with E-state index in [1.165, 1.54) is 7.11 Å². The van der Waals surface area contributed by atoms with Crippen LogP contribution in [-0.2, 0) is 13.1 Å². The lowest BCUT2D eigenvalue weighted by molar-refractivity contribution is 0.251. The molecule has 0 saturated heterocycles. The Morgan fingerprint density at radius 1 is 1.26 bits per heavy atom. The molecule has 1 aromatic heterocycles. The number of hydrogen-bond acceptors (Lipinski definition) is 3. The van der Waals surface area contributed by atoms with Gasteiger partial charge in [0, 0.05) is 36.6 Å². The summed E-state index contributed by atoms with van der Waals surface area (Å²) in [5, 5.41) is 6.29. The molecule has 0 atom stereocenters. The molecule has 0 spiro atoms. The molecule has 140 valence electrons. The Morgan fingerprint density at radius 2 is 2.04 bits per heavy atom. The number of imidazole rings is 1. The number of anilines is 1. The Morgan fingerprint density at radius 3 is 2.74 bits per heavy atom. The van der Waals surface area contributed by atoms with Crippen molar-refractivity contribution in [1.29, 1.82) is 0 Å². The van der Waals surface area contributed by atoms with E-state index in [0.717, 1.165) is 16.7 Å². The van der Waals surface area contributed by atoms with Crippen molar-refractivity contribution in [1.82, 2.24) is 14.9 Å². The van der Waals surface area contributed by atoms with Crippen LogP contribution >= 0.6 is 11.6 Å². The average Bonchev–Trinajstić information content (AvgIpc) is 3.17. The minimum absolute atomic E-state index is 0.313. The fourth-order valence-corrected chi connectivity index (χ4v) is 2.89. The highest BCUT2D eigenvalue weighted by Crippen LogP contribution is 2.30. The number of rotatable bonds is 6. The third-order valence-electron chi connectivity index (χ3n) is 4.20. The molecule has 3 aromatic rings. The highest BCUT2D eigenvalue weighted by Gasteiger charge is 2.11. The van der Waals surface area contributed by atoms with Crippen LogP contribution in [0.5, 0.6) is 5.75 Å². The van der Waals surface area contributed by atoms with Gasteiger partial charge in [0.15, 0.2) is 0 Å². The maximum atomic E-state index is 12.4. The number of benzene rings is 2. The topological polar surface area (TPSA) is 68.2 Å². The van der Waals surface area contributed by atoms with Gasteiger partial charge in [0.25, 0.3) is 0 Å². The normalized spacial score (nSPS) is 10.5. The van der Waals surface area contributed by atoms with Gasteiger partial charge in [-0.15, -0.1) is 0 Å². The van der Waals surface area contributed by atoms with E-state index in [9.17, 15) is 4.79 Å². The van der Waals surface area contributed by atoms with Gasteiger partial charge in [-0.25, -0.2) is 9.78 Å². The second kappa shape index (κ2) is 8.60. The molecule has 0 unspecified atom stereocenters. The number of nitrogens with zero attached hydrogens (tertiary/aromatic N) is 2. The minimum atomic E-state index is -0.313. The average molecular weight is 385 g/mol. The summed E-state index contributed by atoms with van der Waals surface area (Å²) in [5.74, 6) is 0.515. The van der Waals surface area contributed by atoms with E-state index in [1.807, 2.05) is 42.0 Å². The van der Waals surface area contributed by atoms with Gasteiger partial charge in [-0.1, -0.05) is 35.9 Å². The maximum Gasteiger partial charge on any atom is 0.319 e. The first kappa shape index (κ1) is 18.8. The van der Waals surface area contributed by atoms with Crippen LogP contribution in [0.4, 0.5) is 10.5 Å². The highest BCUT2D eigenvalue weighted by atomic mass is 35.5. The molecule has 6 nitrogen and oxygen atoms in total. The zero-order valence-electron chi connectivity index (χ0n) is 15.2. The Balaban J connectivity index is 1.66. The number of amides is 2. The van der Waals surface area contributed by atoms with Gasteiger partial charge < -0.3 is 19.9 Å². The molecule has 1 heterocycles. The number of aromatic nitrogens is 2. The SMILES string of the molecule is COc1cc(Cl)c(C)cc1NC(=O)NCc1ccccc1Cn1ccnc1. The molecule has 0 radical (unpaired) electrons. The summed E-state index contributed by atoms with van der Waals surface area (Å²) in [7, 11) is 1.54. The molecule has 2 N–H and O–H groups in total. The van der Waals surface area contributed by atoms with E-state index in [0.29, 0.717) is 29.5 Å². The summed E-state index contributed by atoms with van der Waals surface area (Å²) in [6.45, 7) is 2.98. The lowest BCUT2D eigenvalue weighted by atomic mass is 10.1. The van der Waals surface area contributed by atoms with E-state index < -0.39 is 0 Å². The first-order valence-corrected chi connectivity index (χ1v) is 8.86. The monoisotopic (exact) mass is 384 g/mol. The molecule has 0 aliphatic heterocycles. The van der Waals surface area contributed by atoms with Crippen molar-refractivity contribution in [2.45, 2.75) is 20.0 Å². The van der Waals surface area contributed by atoms with Crippen LogP contribution < -0.4 is 15.4 Å². The van der Waals surface area contributed by atoms with Gasteiger partial charge in [-0.3, -0.25) is 0 Å². The second-order valence-electron chi connectivity index (χ2n) is 6.11. The Bertz CT molecular complexity index is 926. The number of carbonyl (C=O) groups excluding carboxylic acids is 1. The zero-order valence-corrected chi connectivity index (χ0v) is 16.0. The molecule has 0 fully saturated rings. The van der Waals surface area contributed by atoms with Crippen molar-refractivity contribution in [2.75, 3.05) is 12.4 Å². The van der Waals surface area contributed by atoms with E-state index in [1.54, 1.807) is 24.7 Å². The summed E-state index contributed by atoms with van der Waals surface area (Å²) in [4.78, 5) is 16.4. The smallest absolute Gasteiger partial charge is 0.319 e.